The summed E-state index contributed by atoms with van der Waals surface area (Å²) in [6.07, 6.45) is 1.91. The van der Waals surface area contributed by atoms with Crippen molar-refractivity contribution >= 4 is 11.8 Å². The summed E-state index contributed by atoms with van der Waals surface area (Å²) in [5.74, 6) is -0.448. The third-order valence-electron chi connectivity index (χ3n) is 1.94. The standard InChI is InChI=1S/C10H18O3/c1-4-8(11)7-10(12)13-9(5-2)6-3/h9H,4-7H2,1-3H3. The van der Waals surface area contributed by atoms with Gasteiger partial charge in [0, 0.05) is 6.42 Å². The summed E-state index contributed by atoms with van der Waals surface area (Å²) in [6.45, 7) is 5.67. The number of Topliss-reactive ketones (excluding diaryl/α,β-unsaturated/α-hetero) is 1. The van der Waals surface area contributed by atoms with E-state index in [1.165, 1.54) is 0 Å². The molecule has 0 rings (SSSR count). The summed E-state index contributed by atoms with van der Waals surface area (Å²) in [4.78, 5) is 22.0. The summed E-state index contributed by atoms with van der Waals surface area (Å²) in [5, 5.41) is 0. The van der Waals surface area contributed by atoms with Crippen LogP contribution in [0, 0.1) is 0 Å². The maximum absolute atomic E-state index is 11.1. The SMILES string of the molecule is CCC(=O)CC(=O)OC(CC)CC. The van der Waals surface area contributed by atoms with Crippen molar-refractivity contribution in [1.29, 1.82) is 0 Å². The van der Waals surface area contributed by atoms with E-state index < -0.39 is 0 Å². The topological polar surface area (TPSA) is 43.4 Å². The number of hydrogen-bond donors (Lipinski definition) is 0. The van der Waals surface area contributed by atoms with Crippen molar-refractivity contribution in [2.24, 2.45) is 0 Å². The molecule has 0 N–H and O–H groups in total. The number of ether oxygens (including phenoxy) is 1. The first-order valence-corrected chi connectivity index (χ1v) is 4.85. The zero-order valence-electron chi connectivity index (χ0n) is 8.63. The minimum atomic E-state index is -0.388. The predicted octanol–water partition coefficient (Wildman–Crippen LogP) is 2.09. The third-order valence-corrected chi connectivity index (χ3v) is 1.94. The number of carbonyl (C=O) groups excluding carboxylic acids is 2. The molecule has 0 saturated heterocycles. The molecule has 0 unspecified atom stereocenters. The highest BCUT2D eigenvalue weighted by molar-refractivity contribution is 5.95. The van der Waals surface area contributed by atoms with Gasteiger partial charge in [0.15, 0.2) is 0 Å². The molecule has 0 atom stereocenters. The summed E-state index contributed by atoms with van der Waals surface area (Å²) in [6, 6.07) is 0. The second-order valence-corrected chi connectivity index (χ2v) is 3.00. The van der Waals surface area contributed by atoms with Crippen molar-refractivity contribution in [1.82, 2.24) is 0 Å². The smallest absolute Gasteiger partial charge is 0.313 e. The van der Waals surface area contributed by atoms with E-state index in [1.54, 1.807) is 6.92 Å². The van der Waals surface area contributed by atoms with Gasteiger partial charge in [-0.25, -0.2) is 0 Å². The zero-order valence-corrected chi connectivity index (χ0v) is 8.63. The van der Waals surface area contributed by atoms with E-state index in [1.807, 2.05) is 13.8 Å². The Hall–Kier alpha value is -0.860. The van der Waals surface area contributed by atoms with Crippen LogP contribution in [0.2, 0.25) is 0 Å². The van der Waals surface area contributed by atoms with Crippen molar-refractivity contribution in [3.63, 3.8) is 0 Å². The van der Waals surface area contributed by atoms with Gasteiger partial charge in [-0.05, 0) is 12.8 Å². The van der Waals surface area contributed by atoms with E-state index in [2.05, 4.69) is 0 Å². The van der Waals surface area contributed by atoms with Gasteiger partial charge in [0.2, 0.25) is 0 Å². The number of carbonyl (C=O) groups is 2. The Morgan fingerprint density at radius 3 is 2.08 bits per heavy atom. The lowest BCUT2D eigenvalue weighted by atomic mass is 10.2. The molecule has 0 aromatic rings. The normalized spacial score (nSPS) is 10.2. The van der Waals surface area contributed by atoms with Crippen molar-refractivity contribution in [3.8, 4) is 0 Å². The molecule has 0 spiro atoms. The van der Waals surface area contributed by atoms with Crippen LogP contribution in [0.4, 0.5) is 0 Å². The van der Waals surface area contributed by atoms with Gasteiger partial charge >= 0.3 is 5.97 Å². The minimum absolute atomic E-state index is 0.0304. The fourth-order valence-corrected chi connectivity index (χ4v) is 0.969. The van der Waals surface area contributed by atoms with Crippen LogP contribution in [0.5, 0.6) is 0 Å². The quantitative estimate of drug-likeness (QED) is 0.471. The second-order valence-electron chi connectivity index (χ2n) is 3.00. The van der Waals surface area contributed by atoms with Gasteiger partial charge in [-0.2, -0.15) is 0 Å². The van der Waals surface area contributed by atoms with Crippen LogP contribution in [0.3, 0.4) is 0 Å². The van der Waals surface area contributed by atoms with Crippen LogP contribution >= 0.6 is 0 Å². The van der Waals surface area contributed by atoms with Crippen LogP contribution in [-0.4, -0.2) is 17.9 Å². The molecule has 0 aromatic carbocycles. The number of rotatable bonds is 6. The summed E-state index contributed by atoms with van der Waals surface area (Å²) < 4.78 is 5.06. The fraction of sp³-hybridized carbons (Fsp3) is 0.800. The molecule has 0 aliphatic heterocycles. The van der Waals surface area contributed by atoms with E-state index in [0.29, 0.717) is 6.42 Å². The monoisotopic (exact) mass is 186 g/mol. The van der Waals surface area contributed by atoms with E-state index >= 15 is 0 Å². The Morgan fingerprint density at radius 2 is 1.69 bits per heavy atom. The van der Waals surface area contributed by atoms with Crippen LogP contribution in [-0.2, 0) is 14.3 Å². The lowest BCUT2D eigenvalue weighted by Crippen LogP contribution is -2.18. The van der Waals surface area contributed by atoms with Gasteiger partial charge < -0.3 is 4.74 Å². The van der Waals surface area contributed by atoms with Crippen molar-refractivity contribution in [3.05, 3.63) is 0 Å². The first-order valence-electron chi connectivity index (χ1n) is 4.85. The molecule has 0 amide bonds. The Balaban J connectivity index is 3.79. The van der Waals surface area contributed by atoms with Crippen LogP contribution < -0.4 is 0 Å². The Labute approximate surface area is 79.5 Å². The largest absolute Gasteiger partial charge is 0.462 e. The number of hydrogen-bond acceptors (Lipinski definition) is 3. The first-order chi connectivity index (χ1) is 6.13. The highest BCUT2D eigenvalue weighted by atomic mass is 16.5. The Bertz CT molecular complexity index is 171. The summed E-state index contributed by atoms with van der Waals surface area (Å²) in [5.41, 5.74) is 0. The molecule has 0 bridgehead atoms. The number of ketones is 1. The molecule has 3 nitrogen and oxygen atoms in total. The Kier molecular flexibility index (Phi) is 6.20. The van der Waals surface area contributed by atoms with E-state index in [0.717, 1.165) is 12.8 Å². The second kappa shape index (κ2) is 6.63. The molecule has 0 radical (unpaired) electrons. The highest BCUT2D eigenvalue weighted by Gasteiger charge is 2.13. The van der Waals surface area contributed by atoms with Crippen LogP contribution in [0.1, 0.15) is 46.5 Å². The lowest BCUT2D eigenvalue weighted by molar-refractivity contribution is -0.151. The van der Waals surface area contributed by atoms with Gasteiger partial charge in [0.05, 0.1) is 0 Å². The maximum Gasteiger partial charge on any atom is 0.313 e. The average Bonchev–Trinajstić information content (AvgIpc) is 2.13. The van der Waals surface area contributed by atoms with E-state index in [4.69, 9.17) is 4.74 Å². The molecule has 0 aliphatic carbocycles. The molecular formula is C10H18O3. The molecule has 0 aromatic heterocycles. The molecule has 0 fully saturated rings. The maximum atomic E-state index is 11.1. The molecule has 76 valence electrons. The number of esters is 1. The minimum Gasteiger partial charge on any atom is -0.462 e. The molecule has 0 aliphatic rings. The van der Waals surface area contributed by atoms with Crippen molar-refractivity contribution in [2.75, 3.05) is 0 Å². The molecule has 13 heavy (non-hydrogen) atoms. The van der Waals surface area contributed by atoms with Gasteiger partial charge in [0.25, 0.3) is 0 Å². The summed E-state index contributed by atoms with van der Waals surface area (Å²) >= 11 is 0. The van der Waals surface area contributed by atoms with E-state index in [9.17, 15) is 9.59 Å². The Morgan fingerprint density at radius 1 is 1.15 bits per heavy atom. The molecule has 0 heterocycles. The molecule has 0 saturated carbocycles. The third kappa shape index (κ3) is 5.39. The van der Waals surface area contributed by atoms with Crippen molar-refractivity contribution < 1.29 is 14.3 Å². The first kappa shape index (κ1) is 12.1. The van der Waals surface area contributed by atoms with Gasteiger partial charge in [-0.1, -0.05) is 20.8 Å². The molecular weight excluding hydrogens is 168 g/mol. The van der Waals surface area contributed by atoms with Crippen LogP contribution in [0.15, 0.2) is 0 Å². The van der Waals surface area contributed by atoms with Crippen LogP contribution in [0.25, 0.3) is 0 Å². The van der Waals surface area contributed by atoms with Gasteiger partial charge in [0.1, 0.15) is 18.3 Å². The zero-order chi connectivity index (χ0) is 10.3. The van der Waals surface area contributed by atoms with Crippen molar-refractivity contribution in [2.45, 2.75) is 52.6 Å². The summed E-state index contributed by atoms with van der Waals surface area (Å²) in [7, 11) is 0. The van der Waals surface area contributed by atoms with E-state index in [-0.39, 0.29) is 24.3 Å². The fourth-order valence-electron chi connectivity index (χ4n) is 0.969. The highest BCUT2D eigenvalue weighted by Crippen LogP contribution is 2.04. The van der Waals surface area contributed by atoms with Gasteiger partial charge in [-0.15, -0.1) is 0 Å². The molecule has 3 heteroatoms. The predicted molar refractivity (Wildman–Crippen MR) is 50.4 cm³/mol. The van der Waals surface area contributed by atoms with Gasteiger partial charge in [-0.3, -0.25) is 9.59 Å². The lowest BCUT2D eigenvalue weighted by Gasteiger charge is -2.13. The average molecular weight is 186 g/mol.